The molecule has 1 aliphatic heterocycles. The van der Waals surface area contributed by atoms with E-state index in [1.54, 1.807) is 30.1 Å². The van der Waals surface area contributed by atoms with Crippen molar-refractivity contribution < 1.29 is 14.3 Å². The maximum absolute atomic E-state index is 13.5. The molecule has 4 nitrogen and oxygen atoms in total. The summed E-state index contributed by atoms with van der Waals surface area (Å²) in [6.45, 7) is 2.15. The Balaban J connectivity index is 1.80. The van der Waals surface area contributed by atoms with E-state index in [-0.39, 0.29) is 11.4 Å². The van der Waals surface area contributed by atoms with Gasteiger partial charge in [-0.2, -0.15) is 0 Å². The fraction of sp³-hybridized carbons (Fsp3) is 0.0952. The highest BCUT2D eigenvalue weighted by Gasteiger charge is 2.17. The molecule has 0 fully saturated rings. The Labute approximate surface area is 151 Å². The van der Waals surface area contributed by atoms with Gasteiger partial charge in [-0.25, -0.2) is 9.18 Å². The molecular weight excluding hydrogens is 331 g/mol. The largest absolute Gasteiger partial charge is 0.478 e. The number of benzene rings is 2. The summed E-state index contributed by atoms with van der Waals surface area (Å²) in [7, 11) is 0. The molecule has 3 rings (SSSR count). The molecule has 0 spiro atoms. The average Bonchev–Trinajstić information content (AvgIpc) is 2.64. The van der Waals surface area contributed by atoms with Gasteiger partial charge in [-0.05, 0) is 47.9 Å². The first-order valence-electron chi connectivity index (χ1n) is 8.21. The van der Waals surface area contributed by atoms with Crippen LogP contribution >= 0.6 is 0 Å². The highest BCUT2D eigenvalue weighted by atomic mass is 19.1. The number of nitrogens with zero attached hydrogens (tertiary/aromatic N) is 1. The molecule has 1 aliphatic rings. The number of nitrogens with one attached hydrogen (secondary N) is 1. The zero-order chi connectivity index (χ0) is 18.5. The Morgan fingerprint density at radius 1 is 1.23 bits per heavy atom. The number of aliphatic carboxylic acids is 1. The number of hydrogen-bond donors (Lipinski definition) is 2. The highest BCUT2D eigenvalue weighted by Crippen LogP contribution is 2.21. The SMILES string of the molecule is Cc1cc(C2=CC(C(=O)O)=CN(CC=Cc3ccccc3)N2)ccc1F. The van der Waals surface area contributed by atoms with E-state index < -0.39 is 5.97 Å². The van der Waals surface area contributed by atoms with Gasteiger partial charge in [-0.3, -0.25) is 10.4 Å². The van der Waals surface area contributed by atoms with Crippen LogP contribution in [0.5, 0.6) is 0 Å². The van der Waals surface area contributed by atoms with Crippen molar-refractivity contribution in [2.75, 3.05) is 6.54 Å². The van der Waals surface area contributed by atoms with Crippen LogP contribution in [0, 0.1) is 12.7 Å². The smallest absolute Gasteiger partial charge is 0.337 e. The third-order valence-corrected chi connectivity index (χ3v) is 3.99. The predicted octanol–water partition coefficient (Wildman–Crippen LogP) is 3.98. The lowest BCUT2D eigenvalue weighted by atomic mass is 10.1. The quantitative estimate of drug-likeness (QED) is 0.856. The molecule has 0 bridgehead atoms. The summed E-state index contributed by atoms with van der Waals surface area (Å²) >= 11 is 0. The standard InChI is InChI=1S/C21H19FN2O2/c1-15-12-17(9-10-19(15)22)20-13-18(21(25)26)14-24(23-20)11-5-8-16-6-3-2-4-7-16/h2-10,12-14,23H,11H2,1H3,(H,25,26). The summed E-state index contributed by atoms with van der Waals surface area (Å²) < 4.78 is 13.5. The minimum absolute atomic E-state index is 0.161. The molecular formula is C21H19FN2O2. The van der Waals surface area contributed by atoms with Crippen molar-refractivity contribution in [3.8, 4) is 0 Å². The lowest BCUT2D eigenvalue weighted by molar-refractivity contribution is -0.132. The van der Waals surface area contributed by atoms with Gasteiger partial charge in [0.25, 0.3) is 0 Å². The van der Waals surface area contributed by atoms with E-state index in [9.17, 15) is 14.3 Å². The molecule has 1 heterocycles. The van der Waals surface area contributed by atoms with E-state index in [2.05, 4.69) is 5.43 Å². The molecule has 2 N–H and O–H groups in total. The molecule has 0 unspecified atom stereocenters. The van der Waals surface area contributed by atoms with E-state index in [0.717, 1.165) is 11.1 Å². The van der Waals surface area contributed by atoms with Crippen LogP contribution in [-0.4, -0.2) is 22.6 Å². The summed E-state index contributed by atoms with van der Waals surface area (Å²) in [6, 6.07) is 14.5. The highest BCUT2D eigenvalue weighted by molar-refractivity contribution is 5.93. The van der Waals surface area contributed by atoms with Gasteiger partial charge in [0.05, 0.1) is 17.8 Å². The van der Waals surface area contributed by atoms with Crippen LogP contribution in [0.25, 0.3) is 11.8 Å². The van der Waals surface area contributed by atoms with Crippen LogP contribution in [0.1, 0.15) is 16.7 Å². The van der Waals surface area contributed by atoms with Crippen molar-refractivity contribution in [2.24, 2.45) is 0 Å². The van der Waals surface area contributed by atoms with Crippen LogP contribution in [-0.2, 0) is 4.79 Å². The lowest BCUT2D eigenvalue weighted by Gasteiger charge is -2.27. The maximum Gasteiger partial charge on any atom is 0.337 e. The van der Waals surface area contributed by atoms with E-state index in [1.807, 2.05) is 42.5 Å². The summed E-state index contributed by atoms with van der Waals surface area (Å²) in [4.78, 5) is 11.4. The summed E-state index contributed by atoms with van der Waals surface area (Å²) in [5.74, 6) is -1.30. The van der Waals surface area contributed by atoms with Crippen LogP contribution in [0.15, 0.2) is 72.5 Å². The second-order valence-electron chi connectivity index (χ2n) is 5.99. The third-order valence-electron chi connectivity index (χ3n) is 3.99. The van der Waals surface area contributed by atoms with Crippen molar-refractivity contribution in [3.05, 3.63) is 95.0 Å². The summed E-state index contributed by atoms with van der Waals surface area (Å²) in [6.07, 6.45) is 7.00. The molecule has 0 radical (unpaired) electrons. The Kier molecular flexibility index (Phi) is 5.17. The maximum atomic E-state index is 13.5. The molecule has 26 heavy (non-hydrogen) atoms. The van der Waals surface area contributed by atoms with E-state index >= 15 is 0 Å². The minimum atomic E-state index is -1.01. The Morgan fingerprint density at radius 3 is 2.69 bits per heavy atom. The number of carboxylic acid groups (broad SMARTS) is 1. The number of carbonyl (C=O) groups is 1. The normalized spacial score (nSPS) is 14.0. The number of halogens is 1. The number of aryl methyl sites for hydroxylation is 1. The third kappa shape index (κ3) is 4.19. The van der Waals surface area contributed by atoms with E-state index in [1.165, 1.54) is 12.3 Å². The topological polar surface area (TPSA) is 52.6 Å². The first kappa shape index (κ1) is 17.5. The van der Waals surface area contributed by atoms with Gasteiger partial charge in [0.15, 0.2) is 0 Å². The zero-order valence-electron chi connectivity index (χ0n) is 14.3. The molecule has 0 aliphatic carbocycles. The Morgan fingerprint density at radius 2 is 2.00 bits per heavy atom. The fourth-order valence-corrected chi connectivity index (χ4v) is 2.62. The Bertz CT molecular complexity index is 901. The minimum Gasteiger partial charge on any atom is -0.478 e. The van der Waals surface area contributed by atoms with Crippen LogP contribution in [0.3, 0.4) is 0 Å². The molecule has 2 aromatic rings. The predicted molar refractivity (Wildman–Crippen MR) is 100 cm³/mol. The first-order chi connectivity index (χ1) is 12.5. The zero-order valence-corrected chi connectivity index (χ0v) is 14.3. The molecule has 132 valence electrons. The molecule has 0 amide bonds. The van der Waals surface area contributed by atoms with Gasteiger partial charge in [0.2, 0.25) is 0 Å². The number of hydrogen-bond acceptors (Lipinski definition) is 3. The summed E-state index contributed by atoms with van der Waals surface area (Å²) in [5, 5.41) is 11.1. The second-order valence-corrected chi connectivity index (χ2v) is 5.99. The number of hydrazine groups is 1. The summed E-state index contributed by atoms with van der Waals surface area (Å²) in [5.41, 5.74) is 6.24. The fourth-order valence-electron chi connectivity index (χ4n) is 2.62. The second kappa shape index (κ2) is 7.70. The van der Waals surface area contributed by atoms with Crippen molar-refractivity contribution in [1.82, 2.24) is 10.4 Å². The van der Waals surface area contributed by atoms with Crippen molar-refractivity contribution >= 4 is 17.7 Å². The van der Waals surface area contributed by atoms with Gasteiger partial charge in [-0.15, -0.1) is 0 Å². The van der Waals surface area contributed by atoms with Crippen molar-refractivity contribution in [3.63, 3.8) is 0 Å². The van der Waals surface area contributed by atoms with Crippen molar-refractivity contribution in [1.29, 1.82) is 0 Å². The average molecular weight is 350 g/mol. The number of rotatable bonds is 5. The molecule has 0 atom stereocenters. The Hall–Kier alpha value is -3.34. The van der Waals surface area contributed by atoms with Gasteiger partial charge in [0, 0.05) is 6.20 Å². The first-order valence-corrected chi connectivity index (χ1v) is 8.21. The molecule has 0 aromatic heterocycles. The molecule has 5 heteroatoms. The van der Waals surface area contributed by atoms with Gasteiger partial charge in [-0.1, -0.05) is 42.5 Å². The van der Waals surface area contributed by atoms with Crippen LogP contribution in [0.4, 0.5) is 4.39 Å². The van der Waals surface area contributed by atoms with Gasteiger partial charge >= 0.3 is 5.97 Å². The number of carboxylic acids is 1. The van der Waals surface area contributed by atoms with E-state index in [0.29, 0.717) is 17.8 Å². The molecule has 0 saturated carbocycles. The van der Waals surface area contributed by atoms with E-state index in [4.69, 9.17) is 0 Å². The lowest BCUT2D eigenvalue weighted by Crippen LogP contribution is -2.35. The van der Waals surface area contributed by atoms with Gasteiger partial charge in [0.1, 0.15) is 5.82 Å². The van der Waals surface area contributed by atoms with Crippen molar-refractivity contribution in [2.45, 2.75) is 6.92 Å². The van der Waals surface area contributed by atoms with Gasteiger partial charge < -0.3 is 5.11 Å². The monoisotopic (exact) mass is 350 g/mol. The molecule has 2 aromatic carbocycles. The van der Waals surface area contributed by atoms with Crippen LogP contribution in [0.2, 0.25) is 0 Å². The van der Waals surface area contributed by atoms with Crippen LogP contribution < -0.4 is 5.43 Å². The molecule has 0 saturated heterocycles.